The lowest BCUT2D eigenvalue weighted by Crippen LogP contribution is -2.39. The van der Waals surface area contributed by atoms with Crippen molar-refractivity contribution in [2.45, 2.75) is 0 Å². The number of ether oxygens (including phenoxy) is 2. The molecule has 0 atom stereocenters. The average Bonchev–Trinajstić information content (AvgIpc) is 2.64. The van der Waals surface area contributed by atoms with E-state index >= 15 is 0 Å². The number of carbonyl (C=O) groups is 1. The number of rotatable bonds is 8. The molecule has 0 aromatic heterocycles. The maximum atomic E-state index is 12.2. The Labute approximate surface area is 172 Å². The van der Waals surface area contributed by atoms with Crippen molar-refractivity contribution < 1.29 is 22.7 Å². The van der Waals surface area contributed by atoms with Crippen molar-refractivity contribution in [3.8, 4) is 11.5 Å². The summed E-state index contributed by atoms with van der Waals surface area (Å²) in [5.41, 5.74) is 3.37. The summed E-state index contributed by atoms with van der Waals surface area (Å²) in [5, 5.41) is 3.86. The molecule has 2 rings (SSSR count). The molecule has 0 aliphatic heterocycles. The van der Waals surface area contributed by atoms with Crippen LogP contribution in [0.1, 0.15) is 5.56 Å². The van der Waals surface area contributed by atoms with E-state index < -0.39 is 22.5 Å². The third-order valence-corrected chi connectivity index (χ3v) is 5.23. The van der Waals surface area contributed by atoms with Gasteiger partial charge in [0.05, 0.1) is 32.4 Å². The van der Waals surface area contributed by atoms with Gasteiger partial charge >= 0.3 is 0 Å². The second-order valence-corrected chi connectivity index (χ2v) is 8.48. The highest BCUT2D eigenvalue weighted by molar-refractivity contribution is 9.10. The number of nitrogens with zero attached hydrogens (tertiary/aromatic N) is 2. The molecule has 2 aromatic carbocycles. The second kappa shape index (κ2) is 9.56. The molecule has 150 valence electrons. The van der Waals surface area contributed by atoms with Crippen molar-refractivity contribution in [2.75, 3.05) is 31.3 Å². The molecule has 0 aliphatic carbocycles. The molecule has 0 radical (unpaired) electrons. The Kier molecular flexibility index (Phi) is 7.41. The standard InChI is InChI=1S/C18H20BrN3O5S/c1-26-16-8-7-15(10-17(16)27-2)22(28(3,24)25)12-18(23)21-20-11-13-5-4-6-14(19)9-13/h4-11H,12H2,1-3H3,(H,21,23)/b20-11-. The quantitative estimate of drug-likeness (QED) is 0.472. The lowest BCUT2D eigenvalue weighted by molar-refractivity contribution is -0.119. The number of hydrogen-bond acceptors (Lipinski definition) is 6. The van der Waals surface area contributed by atoms with Crippen LogP contribution in [0.15, 0.2) is 52.0 Å². The fraction of sp³-hybridized carbons (Fsp3) is 0.222. The Morgan fingerprint density at radius 3 is 2.50 bits per heavy atom. The number of benzene rings is 2. The van der Waals surface area contributed by atoms with Gasteiger partial charge in [0.1, 0.15) is 6.54 Å². The first kappa shape index (κ1) is 21.7. The van der Waals surface area contributed by atoms with Crippen molar-refractivity contribution in [3.63, 3.8) is 0 Å². The molecule has 0 fully saturated rings. The number of nitrogens with one attached hydrogen (secondary N) is 1. The van der Waals surface area contributed by atoms with Gasteiger partial charge in [0.25, 0.3) is 5.91 Å². The molecule has 0 heterocycles. The van der Waals surface area contributed by atoms with E-state index in [1.54, 1.807) is 6.07 Å². The molecule has 1 amide bonds. The summed E-state index contributed by atoms with van der Waals surface area (Å²) in [7, 11) is -0.807. The smallest absolute Gasteiger partial charge is 0.260 e. The van der Waals surface area contributed by atoms with Crippen LogP contribution in [0, 0.1) is 0 Å². The Morgan fingerprint density at radius 1 is 1.18 bits per heavy atom. The Bertz CT molecular complexity index is 979. The lowest BCUT2D eigenvalue weighted by Gasteiger charge is -2.22. The second-order valence-electron chi connectivity index (χ2n) is 5.66. The molecule has 10 heteroatoms. The number of hydrogen-bond donors (Lipinski definition) is 1. The van der Waals surface area contributed by atoms with Gasteiger partial charge in [-0.2, -0.15) is 5.10 Å². The summed E-state index contributed by atoms with van der Waals surface area (Å²) in [4.78, 5) is 12.2. The van der Waals surface area contributed by atoms with E-state index in [-0.39, 0.29) is 5.69 Å². The van der Waals surface area contributed by atoms with Crippen molar-refractivity contribution in [1.29, 1.82) is 0 Å². The maximum Gasteiger partial charge on any atom is 0.260 e. The van der Waals surface area contributed by atoms with Crippen LogP contribution in [0.5, 0.6) is 11.5 Å². The summed E-state index contributed by atoms with van der Waals surface area (Å²) < 4.78 is 36.5. The lowest BCUT2D eigenvalue weighted by atomic mass is 10.2. The molecular weight excluding hydrogens is 450 g/mol. The number of methoxy groups -OCH3 is 2. The van der Waals surface area contributed by atoms with Crippen molar-refractivity contribution in [3.05, 3.63) is 52.5 Å². The van der Waals surface area contributed by atoms with Gasteiger partial charge in [-0.1, -0.05) is 28.1 Å². The minimum Gasteiger partial charge on any atom is -0.493 e. The minimum atomic E-state index is -3.72. The molecule has 0 bridgehead atoms. The van der Waals surface area contributed by atoms with Crippen LogP contribution in [-0.4, -0.2) is 47.6 Å². The molecule has 0 saturated heterocycles. The fourth-order valence-electron chi connectivity index (χ4n) is 2.31. The predicted octanol–water partition coefficient (Wildman–Crippen LogP) is 2.38. The highest BCUT2D eigenvalue weighted by atomic mass is 79.9. The van der Waals surface area contributed by atoms with Crippen LogP contribution in [0.4, 0.5) is 5.69 Å². The molecule has 1 N–H and O–H groups in total. The molecule has 0 saturated carbocycles. The highest BCUT2D eigenvalue weighted by Crippen LogP contribution is 2.32. The van der Waals surface area contributed by atoms with Crippen LogP contribution in [0.25, 0.3) is 0 Å². The van der Waals surface area contributed by atoms with Gasteiger partial charge in [-0.15, -0.1) is 0 Å². The van der Waals surface area contributed by atoms with Crippen molar-refractivity contribution in [1.82, 2.24) is 5.43 Å². The number of halogens is 1. The van der Waals surface area contributed by atoms with Gasteiger partial charge < -0.3 is 9.47 Å². The van der Waals surface area contributed by atoms with Gasteiger partial charge in [0.15, 0.2) is 11.5 Å². The summed E-state index contributed by atoms with van der Waals surface area (Å²) in [6.07, 6.45) is 2.48. The van der Waals surface area contributed by atoms with Gasteiger partial charge in [-0.3, -0.25) is 9.10 Å². The normalized spacial score (nSPS) is 11.3. The van der Waals surface area contributed by atoms with Crippen LogP contribution in [0.2, 0.25) is 0 Å². The first-order chi connectivity index (χ1) is 13.2. The molecule has 8 nitrogen and oxygen atoms in total. The van der Waals surface area contributed by atoms with Gasteiger partial charge in [0, 0.05) is 10.5 Å². The molecule has 0 spiro atoms. The van der Waals surface area contributed by atoms with Gasteiger partial charge in [-0.25, -0.2) is 13.8 Å². The summed E-state index contributed by atoms with van der Waals surface area (Å²) >= 11 is 3.34. The van der Waals surface area contributed by atoms with E-state index in [4.69, 9.17) is 9.47 Å². The first-order valence-electron chi connectivity index (χ1n) is 8.02. The van der Waals surface area contributed by atoms with Crippen molar-refractivity contribution >= 4 is 43.8 Å². The zero-order chi connectivity index (χ0) is 20.7. The topological polar surface area (TPSA) is 97.3 Å². The monoisotopic (exact) mass is 469 g/mol. The van der Waals surface area contributed by atoms with E-state index in [9.17, 15) is 13.2 Å². The summed E-state index contributed by atoms with van der Waals surface area (Å²) in [6, 6.07) is 11.9. The first-order valence-corrected chi connectivity index (χ1v) is 10.7. The number of carbonyl (C=O) groups excluding carboxylic acids is 1. The minimum absolute atomic E-state index is 0.270. The van der Waals surface area contributed by atoms with E-state index in [1.807, 2.05) is 24.3 Å². The Morgan fingerprint density at radius 2 is 1.89 bits per heavy atom. The Hall–Kier alpha value is -2.59. The molecule has 2 aromatic rings. The third kappa shape index (κ3) is 5.96. The third-order valence-electron chi connectivity index (χ3n) is 3.59. The molecule has 0 unspecified atom stereocenters. The van der Waals surface area contributed by atoms with Crippen LogP contribution in [-0.2, 0) is 14.8 Å². The molecule has 0 aliphatic rings. The maximum absolute atomic E-state index is 12.2. The van der Waals surface area contributed by atoms with E-state index in [1.165, 1.54) is 32.6 Å². The average molecular weight is 470 g/mol. The highest BCUT2D eigenvalue weighted by Gasteiger charge is 2.22. The SMILES string of the molecule is COc1ccc(N(CC(=O)N/N=C\c2cccc(Br)c2)S(C)(=O)=O)cc1OC. The number of amides is 1. The molecule has 28 heavy (non-hydrogen) atoms. The molecular formula is C18H20BrN3O5S. The van der Waals surface area contributed by atoms with E-state index in [0.29, 0.717) is 11.5 Å². The number of sulfonamides is 1. The zero-order valence-electron chi connectivity index (χ0n) is 15.5. The van der Waals surface area contributed by atoms with Crippen molar-refractivity contribution in [2.24, 2.45) is 5.10 Å². The van der Waals surface area contributed by atoms with Crippen LogP contribution < -0.4 is 19.2 Å². The van der Waals surface area contributed by atoms with E-state index in [2.05, 4.69) is 26.5 Å². The van der Waals surface area contributed by atoms with Gasteiger partial charge in [0.2, 0.25) is 10.0 Å². The predicted molar refractivity (Wildman–Crippen MR) is 112 cm³/mol. The Balaban J connectivity index is 2.15. The van der Waals surface area contributed by atoms with Crippen LogP contribution in [0.3, 0.4) is 0 Å². The van der Waals surface area contributed by atoms with Crippen LogP contribution >= 0.6 is 15.9 Å². The number of anilines is 1. The summed E-state index contributed by atoms with van der Waals surface area (Å²) in [6.45, 7) is -0.440. The summed E-state index contributed by atoms with van der Waals surface area (Å²) in [5.74, 6) is 0.205. The fourth-order valence-corrected chi connectivity index (χ4v) is 3.58. The largest absolute Gasteiger partial charge is 0.493 e. The van der Waals surface area contributed by atoms with Gasteiger partial charge in [-0.05, 0) is 29.8 Å². The van der Waals surface area contributed by atoms with E-state index in [0.717, 1.165) is 20.6 Å². The zero-order valence-corrected chi connectivity index (χ0v) is 18.0. The number of hydrazone groups is 1.